The summed E-state index contributed by atoms with van der Waals surface area (Å²) in [5, 5.41) is 4.24. The maximum absolute atomic E-state index is 11.5. The highest BCUT2D eigenvalue weighted by Gasteiger charge is 2.04. The molecule has 2 rings (SSSR count). The average molecular weight is 214 g/mol. The van der Waals surface area contributed by atoms with Gasteiger partial charge in [-0.2, -0.15) is 5.10 Å². The summed E-state index contributed by atoms with van der Waals surface area (Å²) in [4.78, 5) is 11.5. The Morgan fingerprint density at radius 3 is 2.31 bits per heavy atom. The summed E-state index contributed by atoms with van der Waals surface area (Å²) in [6.45, 7) is 3.85. The zero-order valence-electron chi connectivity index (χ0n) is 9.69. The van der Waals surface area contributed by atoms with E-state index in [1.54, 1.807) is 7.05 Å². The van der Waals surface area contributed by atoms with Crippen LogP contribution in [0, 0.1) is 13.8 Å². The van der Waals surface area contributed by atoms with Crippen molar-refractivity contribution < 1.29 is 0 Å². The quantitative estimate of drug-likeness (QED) is 0.728. The van der Waals surface area contributed by atoms with Crippen molar-refractivity contribution in [1.29, 1.82) is 0 Å². The number of nitrogens with zero attached hydrogens (tertiary/aromatic N) is 2. The van der Waals surface area contributed by atoms with Crippen LogP contribution in [0.4, 0.5) is 0 Å². The number of benzene rings is 1. The summed E-state index contributed by atoms with van der Waals surface area (Å²) >= 11 is 0. The smallest absolute Gasteiger partial charge is 0.268 e. The number of hydrogen-bond acceptors (Lipinski definition) is 2. The van der Waals surface area contributed by atoms with E-state index in [0.29, 0.717) is 5.56 Å². The standard InChI is InChI=1S/C13H14N2O/c1-9-4-6-11(7-5-9)12-8-10(2)13(16)15(3)14-12/h4-8H,1-3H3. The van der Waals surface area contributed by atoms with Crippen molar-refractivity contribution in [2.45, 2.75) is 13.8 Å². The third-order valence-corrected chi connectivity index (χ3v) is 2.59. The molecule has 0 bridgehead atoms. The van der Waals surface area contributed by atoms with Crippen LogP contribution in [0.5, 0.6) is 0 Å². The number of hydrogen-bond donors (Lipinski definition) is 0. The van der Waals surface area contributed by atoms with Gasteiger partial charge in [0.15, 0.2) is 0 Å². The molecule has 1 aromatic carbocycles. The van der Waals surface area contributed by atoms with Gasteiger partial charge in [-0.1, -0.05) is 29.8 Å². The fourth-order valence-corrected chi connectivity index (χ4v) is 1.62. The first-order valence-electron chi connectivity index (χ1n) is 5.20. The van der Waals surface area contributed by atoms with Crippen LogP contribution < -0.4 is 5.56 Å². The second-order valence-corrected chi connectivity index (χ2v) is 4.01. The Bertz CT molecular complexity index is 541. The summed E-state index contributed by atoms with van der Waals surface area (Å²) in [5.74, 6) is 0. The van der Waals surface area contributed by atoms with E-state index in [2.05, 4.69) is 5.10 Å². The Hall–Kier alpha value is -1.90. The lowest BCUT2D eigenvalue weighted by molar-refractivity contribution is 0.705. The van der Waals surface area contributed by atoms with Crippen molar-refractivity contribution in [2.24, 2.45) is 7.05 Å². The Labute approximate surface area is 94.4 Å². The summed E-state index contributed by atoms with van der Waals surface area (Å²) < 4.78 is 1.38. The molecule has 2 aromatic rings. The Morgan fingerprint density at radius 2 is 1.75 bits per heavy atom. The molecule has 1 aromatic heterocycles. The second-order valence-electron chi connectivity index (χ2n) is 4.01. The molecule has 16 heavy (non-hydrogen) atoms. The molecule has 0 amide bonds. The van der Waals surface area contributed by atoms with E-state index < -0.39 is 0 Å². The molecule has 1 heterocycles. The van der Waals surface area contributed by atoms with Crippen LogP contribution in [-0.4, -0.2) is 9.78 Å². The first-order valence-corrected chi connectivity index (χ1v) is 5.20. The average Bonchev–Trinajstić information content (AvgIpc) is 2.26. The molecule has 0 spiro atoms. The van der Waals surface area contributed by atoms with E-state index in [0.717, 1.165) is 11.3 Å². The van der Waals surface area contributed by atoms with Crippen molar-refractivity contribution in [3.8, 4) is 11.3 Å². The van der Waals surface area contributed by atoms with E-state index >= 15 is 0 Å². The molecule has 0 aliphatic carbocycles. The highest BCUT2D eigenvalue weighted by atomic mass is 16.1. The van der Waals surface area contributed by atoms with Crippen LogP contribution in [0.15, 0.2) is 35.1 Å². The van der Waals surface area contributed by atoms with Gasteiger partial charge >= 0.3 is 0 Å². The van der Waals surface area contributed by atoms with Gasteiger partial charge in [-0.15, -0.1) is 0 Å². The fraction of sp³-hybridized carbons (Fsp3) is 0.231. The zero-order chi connectivity index (χ0) is 11.7. The van der Waals surface area contributed by atoms with Gasteiger partial charge in [0, 0.05) is 18.2 Å². The maximum atomic E-state index is 11.5. The highest BCUT2D eigenvalue weighted by molar-refractivity contribution is 5.59. The minimum Gasteiger partial charge on any atom is -0.268 e. The molecule has 0 aliphatic rings. The van der Waals surface area contributed by atoms with Crippen LogP contribution in [0.1, 0.15) is 11.1 Å². The molecule has 0 fully saturated rings. The minimum atomic E-state index is -0.0455. The molecule has 0 N–H and O–H groups in total. The molecule has 0 unspecified atom stereocenters. The molecule has 0 radical (unpaired) electrons. The third kappa shape index (κ3) is 1.89. The zero-order valence-corrected chi connectivity index (χ0v) is 9.69. The Balaban J connectivity index is 2.57. The van der Waals surface area contributed by atoms with Crippen LogP contribution in [-0.2, 0) is 7.05 Å². The van der Waals surface area contributed by atoms with Gasteiger partial charge in [0.1, 0.15) is 0 Å². The summed E-state index contributed by atoms with van der Waals surface area (Å²) in [6, 6.07) is 9.94. The van der Waals surface area contributed by atoms with Crippen LogP contribution in [0.25, 0.3) is 11.3 Å². The predicted molar refractivity (Wildman–Crippen MR) is 64.4 cm³/mol. The molecule has 0 saturated heterocycles. The number of aryl methyl sites for hydroxylation is 3. The van der Waals surface area contributed by atoms with Gasteiger partial charge in [-0.25, -0.2) is 4.68 Å². The van der Waals surface area contributed by atoms with E-state index in [4.69, 9.17) is 0 Å². The monoisotopic (exact) mass is 214 g/mol. The maximum Gasteiger partial charge on any atom is 0.269 e. The first kappa shape index (κ1) is 10.6. The number of aromatic nitrogens is 2. The van der Waals surface area contributed by atoms with Gasteiger partial charge in [-0.05, 0) is 19.9 Å². The molecule has 3 heteroatoms. The first-order chi connectivity index (χ1) is 7.58. The second kappa shape index (κ2) is 3.93. The molecule has 0 saturated carbocycles. The van der Waals surface area contributed by atoms with E-state index in [9.17, 15) is 4.79 Å². The van der Waals surface area contributed by atoms with E-state index in [1.165, 1.54) is 10.2 Å². The Morgan fingerprint density at radius 1 is 1.12 bits per heavy atom. The number of rotatable bonds is 1. The third-order valence-electron chi connectivity index (χ3n) is 2.59. The molecule has 0 aliphatic heterocycles. The predicted octanol–water partition coefficient (Wildman–Crippen LogP) is 2.06. The largest absolute Gasteiger partial charge is 0.269 e. The van der Waals surface area contributed by atoms with Gasteiger partial charge in [-0.3, -0.25) is 4.79 Å². The van der Waals surface area contributed by atoms with Gasteiger partial charge in [0.05, 0.1) is 5.69 Å². The van der Waals surface area contributed by atoms with Gasteiger partial charge < -0.3 is 0 Å². The Kier molecular flexibility index (Phi) is 2.60. The van der Waals surface area contributed by atoms with E-state index in [1.807, 2.05) is 44.2 Å². The highest BCUT2D eigenvalue weighted by Crippen LogP contribution is 2.16. The van der Waals surface area contributed by atoms with Crippen molar-refractivity contribution >= 4 is 0 Å². The minimum absolute atomic E-state index is 0.0455. The van der Waals surface area contributed by atoms with Crippen LogP contribution >= 0.6 is 0 Å². The summed E-state index contributed by atoms with van der Waals surface area (Å²) in [7, 11) is 1.67. The topological polar surface area (TPSA) is 34.9 Å². The van der Waals surface area contributed by atoms with Crippen molar-refractivity contribution in [2.75, 3.05) is 0 Å². The lowest BCUT2D eigenvalue weighted by Gasteiger charge is -2.05. The van der Waals surface area contributed by atoms with Gasteiger partial charge in [0.2, 0.25) is 0 Å². The molecular weight excluding hydrogens is 200 g/mol. The summed E-state index contributed by atoms with van der Waals surface area (Å²) in [6.07, 6.45) is 0. The van der Waals surface area contributed by atoms with Crippen LogP contribution in [0.2, 0.25) is 0 Å². The molecule has 0 atom stereocenters. The lowest BCUT2D eigenvalue weighted by atomic mass is 10.1. The fourth-order valence-electron chi connectivity index (χ4n) is 1.62. The van der Waals surface area contributed by atoms with E-state index in [-0.39, 0.29) is 5.56 Å². The van der Waals surface area contributed by atoms with Crippen molar-refractivity contribution in [1.82, 2.24) is 9.78 Å². The molecular formula is C13H14N2O. The molecule has 3 nitrogen and oxygen atoms in total. The van der Waals surface area contributed by atoms with Crippen molar-refractivity contribution in [3.63, 3.8) is 0 Å². The van der Waals surface area contributed by atoms with Gasteiger partial charge in [0.25, 0.3) is 5.56 Å². The lowest BCUT2D eigenvalue weighted by Crippen LogP contribution is -2.21. The normalized spacial score (nSPS) is 10.4. The van der Waals surface area contributed by atoms with Crippen molar-refractivity contribution in [3.05, 3.63) is 51.8 Å². The van der Waals surface area contributed by atoms with Crippen LogP contribution in [0.3, 0.4) is 0 Å². The molecule has 82 valence electrons. The SMILES string of the molecule is Cc1ccc(-c2cc(C)c(=O)n(C)n2)cc1. The summed E-state index contributed by atoms with van der Waals surface area (Å²) in [5.41, 5.74) is 3.75.